The average molecular weight is 522 g/mol. The molecule has 7 atom stereocenters. The molecule has 1 aromatic rings. The third kappa shape index (κ3) is 4.12. The predicted molar refractivity (Wildman–Crippen MR) is 142 cm³/mol. The molecule has 7 unspecified atom stereocenters. The maximum Gasteiger partial charge on any atom is 0.246 e. The van der Waals surface area contributed by atoms with Crippen molar-refractivity contribution in [2.75, 3.05) is 12.4 Å². The third-order valence-electron chi connectivity index (χ3n) is 9.58. The number of carbonyl (C=O) groups is 3. The number of fused-ring (bicyclic) bond motifs is 1. The number of hydrogen-bond donors (Lipinski definition) is 2. The molecule has 0 aromatic heterocycles. The molecule has 2 N–H and O–H groups in total. The minimum absolute atomic E-state index is 0.0310. The first-order chi connectivity index (χ1) is 18.4. The maximum absolute atomic E-state index is 14.3. The largest absolute Gasteiger partial charge is 0.497 e. The minimum Gasteiger partial charge on any atom is -0.497 e. The van der Waals surface area contributed by atoms with Crippen molar-refractivity contribution in [1.29, 1.82) is 0 Å². The fourth-order valence-electron chi connectivity index (χ4n) is 7.73. The molecule has 38 heavy (non-hydrogen) atoms. The number of rotatable bonds is 6. The zero-order valence-corrected chi connectivity index (χ0v) is 22.4. The van der Waals surface area contributed by atoms with Crippen molar-refractivity contribution < 1.29 is 23.9 Å². The van der Waals surface area contributed by atoms with Crippen LogP contribution in [0.1, 0.15) is 64.7 Å². The zero-order chi connectivity index (χ0) is 26.4. The highest BCUT2D eigenvalue weighted by Crippen LogP contribution is 2.56. The van der Waals surface area contributed by atoms with Gasteiger partial charge in [0.2, 0.25) is 17.7 Å². The molecule has 204 valence electrons. The van der Waals surface area contributed by atoms with E-state index in [1.807, 2.05) is 29.2 Å². The van der Waals surface area contributed by atoms with Crippen LogP contribution in [0.25, 0.3) is 0 Å². The molecule has 3 aliphatic heterocycles. The number of nitrogens with zero attached hydrogens (tertiary/aromatic N) is 1. The Hall–Kier alpha value is -2.87. The zero-order valence-electron chi connectivity index (χ0n) is 22.4. The van der Waals surface area contributed by atoms with E-state index in [-0.39, 0.29) is 35.7 Å². The standard InChI is InChI=1S/C30H39N3O5/c1-18-9-6-7-14-22(18)33-26(28(35)31-19-10-4-3-5-11-19)30-16-15-23(38-30)24(25(30)29(33)36)27(34)32-20-12-8-13-21(17-20)37-2/h8,12-13,15-19,22-26H,3-7,9-11,14H2,1-2H3,(H,31,35)(H,32,34). The molecule has 3 heterocycles. The molecule has 3 amide bonds. The molecule has 2 saturated carbocycles. The van der Waals surface area contributed by atoms with E-state index in [2.05, 4.69) is 17.6 Å². The second-order valence-corrected chi connectivity index (χ2v) is 11.8. The summed E-state index contributed by atoms with van der Waals surface area (Å²) < 4.78 is 11.8. The van der Waals surface area contributed by atoms with Crippen LogP contribution in [-0.4, -0.2) is 59.6 Å². The quantitative estimate of drug-likeness (QED) is 0.555. The van der Waals surface area contributed by atoms with E-state index in [0.717, 1.165) is 51.4 Å². The molecule has 2 bridgehead atoms. The number of nitrogens with one attached hydrogen (secondary N) is 2. The lowest BCUT2D eigenvalue weighted by molar-refractivity contribution is -0.146. The molecule has 1 aromatic carbocycles. The van der Waals surface area contributed by atoms with Gasteiger partial charge in [0.25, 0.3) is 0 Å². The summed E-state index contributed by atoms with van der Waals surface area (Å²) in [5, 5.41) is 6.27. The summed E-state index contributed by atoms with van der Waals surface area (Å²) in [7, 11) is 1.58. The summed E-state index contributed by atoms with van der Waals surface area (Å²) in [6.45, 7) is 2.18. The number of hydrogen-bond acceptors (Lipinski definition) is 5. The van der Waals surface area contributed by atoms with E-state index in [0.29, 0.717) is 11.4 Å². The number of anilines is 1. The molecular weight excluding hydrogens is 482 g/mol. The highest BCUT2D eigenvalue weighted by Gasteiger charge is 2.73. The van der Waals surface area contributed by atoms with Crippen LogP contribution < -0.4 is 15.4 Å². The SMILES string of the molecule is COc1cccc(NC(=O)C2C3C=CC4(O3)C2C(=O)N(C2CCCCC2C)C4C(=O)NC2CCCCC2)c1. The van der Waals surface area contributed by atoms with E-state index in [1.165, 1.54) is 6.42 Å². The van der Waals surface area contributed by atoms with Gasteiger partial charge in [0.15, 0.2) is 0 Å². The van der Waals surface area contributed by atoms with Crippen LogP contribution in [-0.2, 0) is 19.1 Å². The van der Waals surface area contributed by atoms with Crippen molar-refractivity contribution in [3.05, 3.63) is 36.4 Å². The molecule has 4 fully saturated rings. The number of ether oxygens (including phenoxy) is 2. The van der Waals surface area contributed by atoms with Gasteiger partial charge >= 0.3 is 0 Å². The van der Waals surface area contributed by atoms with E-state index in [9.17, 15) is 14.4 Å². The van der Waals surface area contributed by atoms with Gasteiger partial charge in [0, 0.05) is 23.8 Å². The fraction of sp³-hybridized carbons (Fsp3) is 0.633. The van der Waals surface area contributed by atoms with Gasteiger partial charge in [0.1, 0.15) is 17.4 Å². The van der Waals surface area contributed by atoms with Crippen molar-refractivity contribution in [1.82, 2.24) is 10.2 Å². The van der Waals surface area contributed by atoms with Gasteiger partial charge in [-0.15, -0.1) is 0 Å². The fourth-order valence-corrected chi connectivity index (χ4v) is 7.73. The number of methoxy groups -OCH3 is 1. The van der Waals surface area contributed by atoms with Crippen LogP contribution in [0.15, 0.2) is 36.4 Å². The Bertz CT molecular complexity index is 1130. The van der Waals surface area contributed by atoms with Crippen LogP contribution in [0, 0.1) is 17.8 Å². The van der Waals surface area contributed by atoms with Gasteiger partial charge in [0.05, 0.1) is 25.0 Å². The van der Waals surface area contributed by atoms with Crippen LogP contribution in [0.2, 0.25) is 0 Å². The highest BCUT2D eigenvalue weighted by atomic mass is 16.5. The number of amides is 3. The number of benzene rings is 1. The lowest BCUT2D eigenvalue weighted by Gasteiger charge is -2.42. The minimum atomic E-state index is -1.12. The monoisotopic (exact) mass is 521 g/mol. The van der Waals surface area contributed by atoms with E-state index >= 15 is 0 Å². The maximum atomic E-state index is 14.3. The summed E-state index contributed by atoms with van der Waals surface area (Å²) in [5.74, 6) is -1.02. The molecule has 2 aliphatic carbocycles. The molecule has 1 spiro atoms. The van der Waals surface area contributed by atoms with Crippen LogP contribution >= 0.6 is 0 Å². The summed E-state index contributed by atoms with van der Waals surface area (Å²) in [4.78, 5) is 43.9. The Morgan fingerprint density at radius 2 is 1.82 bits per heavy atom. The van der Waals surface area contributed by atoms with Gasteiger partial charge in [-0.3, -0.25) is 14.4 Å². The molecule has 8 nitrogen and oxygen atoms in total. The predicted octanol–water partition coefficient (Wildman–Crippen LogP) is 3.81. The van der Waals surface area contributed by atoms with Gasteiger partial charge in [-0.1, -0.05) is 57.2 Å². The van der Waals surface area contributed by atoms with Crippen molar-refractivity contribution in [3.63, 3.8) is 0 Å². The lowest BCUT2D eigenvalue weighted by Crippen LogP contribution is -2.59. The van der Waals surface area contributed by atoms with E-state index in [1.54, 1.807) is 19.2 Å². The summed E-state index contributed by atoms with van der Waals surface area (Å²) in [6.07, 6.45) is 12.7. The van der Waals surface area contributed by atoms with Gasteiger partial charge in [-0.05, 0) is 43.7 Å². The van der Waals surface area contributed by atoms with Gasteiger partial charge in [-0.2, -0.15) is 0 Å². The van der Waals surface area contributed by atoms with Crippen molar-refractivity contribution >= 4 is 23.4 Å². The second kappa shape index (κ2) is 10.0. The highest BCUT2D eigenvalue weighted by molar-refractivity contribution is 6.03. The van der Waals surface area contributed by atoms with Crippen molar-refractivity contribution in [2.24, 2.45) is 17.8 Å². The Morgan fingerprint density at radius 3 is 2.58 bits per heavy atom. The van der Waals surface area contributed by atoms with Gasteiger partial charge < -0.3 is 25.0 Å². The molecular formula is C30H39N3O5. The molecule has 2 saturated heterocycles. The second-order valence-electron chi connectivity index (χ2n) is 11.8. The van der Waals surface area contributed by atoms with Crippen molar-refractivity contribution in [3.8, 4) is 5.75 Å². The summed E-state index contributed by atoms with van der Waals surface area (Å²) >= 11 is 0. The Labute approximate surface area is 224 Å². The number of likely N-dealkylation sites (tertiary alicyclic amines) is 1. The first-order valence-electron chi connectivity index (χ1n) is 14.4. The Balaban J connectivity index is 1.32. The van der Waals surface area contributed by atoms with E-state index in [4.69, 9.17) is 9.47 Å². The van der Waals surface area contributed by atoms with Crippen molar-refractivity contribution in [2.45, 2.75) is 94.5 Å². The molecule has 0 radical (unpaired) electrons. The summed E-state index contributed by atoms with van der Waals surface area (Å²) in [6, 6.07) is 6.51. The molecule has 8 heteroatoms. The molecule has 6 rings (SSSR count). The smallest absolute Gasteiger partial charge is 0.246 e. The Morgan fingerprint density at radius 1 is 1.05 bits per heavy atom. The number of carbonyl (C=O) groups excluding carboxylic acids is 3. The van der Waals surface area contributed by atoms with Gasteiger partial charge in [-0.25, -0.2) is 0 Å². The lowest BCUT2D eigenvalue weighted by atomic mass is 9.74. The molecule has 5 aliphatic rings. The van der Waals surface area contributed by atoms with Crippen LogP contribution in [0.5, 0.6) is 5.75 Å². The normalized spacial score (nSPS) is 36.3. The Kier molecular flexibility index (Phi) is 6.70. The average Bonchev–Trinajstić information content (AvgIpc) is 3.57. The van der Waals surface area contributed by atoms with E-state index < -0.39 is 29.6 Å². The topological polar surface area (TPSA) is 97.0 Å². The summed E-state index contributed by atoms with van der Waals surface area (Å²) in [5.41, 5.74) is -0.515. The third-order valence-corrected chi connectivity index (χ3v) is 9.58. The first-order valence-corrected chi connectivity index (χ1v) is 14.4. The first kappa shape index (κ1) is 25.4. The van der Waals surface area contributed by atoms with Crippen LogP contribution in [0.4, 0.5) is 5.69 Å². The van der Waals surface area contributed by atoms with Crippen LogP contribution in [0.3, 0.4) is 0 Å².